The SMILES string of the molecule is CCN(C)C(=O)C(C)NS(=O)(=O)c1cccc(N)c1C. The van der Waals surface area contributed by atoms with E-state index >= 15 is 0 Å². The highest BCUT2D eigenvalue weighted by Crippen LogP contribution is 2.20. The number of nitrogens with zero attached hydrogens (tertiary/aromatic N) is 1. The Balaban J connectivity index is 3.01. The first-order valence-electron chi connectivity index (χ1n) is 6.33. The van der Waals surface area contributed by atoms with Gasteiger partial charge < -0.3 is 10.6 Å². The van der Waals surface area contributed by atoms with Gasteiger partial charge in [-0.3, -0.25) is 4.79 Å². The molecular weight excluding hydrogens is 278 g/mol. The number of likely N-dealkylation sites (N-methyl/N-ethyl adjacent to an activating group) is 1. The van der Waals surface area contributed by atoms with E-state index in [-0.39, 0.29) is 10.8 Å². The molecule has 0 aliphatic carbocycles. The lowest BCUT2D eigenvalue weighted by molar-refractivity contribution is -0.131. The smallest absolute Gasteiger partial charge is 0.241 e. The van der Waals surface area contributed by atoms with Gasteiger partial charge in [-0.25, -0.2) is 8.42 Å². The van der Waals surface area contributed by atoms with Crippen LogP contribution < -0.4 is 10.5 Å². The quantitative estimate of drug-likeness (QED) is 0.784. The van der Waals surface area contributed by atoms with E-state index in [1.165, 1.54) is 17.9 Å². The Morgan fingerprint density at radius 2 is 2.05 bits per heavy atom. The summed E-state index contributed by atoms with van der Waals surface area (Å²) in [4.78, 5) is 13.5. The Morgan fingerprint density at radius 1 is 1.45 bits per heavy atom. The zero-order chi connectivity index (χ0) is 15.5. The number of nitrogens with one attached hydrogen (secondary N) is 1. The molecule has 0 saturated heterocycles. The first-order valence-corrected chi connectivity index (χ1v) is 7.81. The normalized spacial score (nSPS) is 13.0. The molecule has 0 aliphatic rings. The molecule has 1 rings (SSSR count). The average Bonchev–Trinajstić information content (AvgIpc) is 2.39. The van der Waals surface area contributed by atoms with Gasteiger partial charge in [0.25, 0.3) is 0 Å². The van der Waals surface area contributed by atoms with E-state index in [2.05, 4.69) is 4.72 Å². The van der Waals surface area contributed by atoms with E-state index in [9.17, 15) is 13.2 Å². The molecule has 20 heavy (non-hydrogen) atoms. The lowest BCUT2D eigenvalue weighted by atomic mass is 10.2. The number of carbonyl (C=O) groups excluding carboxylic acids is 1. The Morgan fingerprint density at radius 3 is 2.60 bits per heavy atom. The number of anilines is 1. The zero-order valence-electron chi connectivity index (χ0n) is 12.2. The third kappa shape index (κ3) is 3.49. The summed E-state index contributed by atoms with van der Waals surface area (Å²) >= 11 is 0. The largest absolute Gasteiger partial charge is 0.398 e. The number of benzene rings is 1. The van der Waals surface area contributed by atoms with E-state index in [1.807, 2.05) is 6.92 Å². The minimum atomic E-state index is -3.78. The summed E-state index contributed by atoms with van der Waals surface area (Å²) in [5.41, 5.74) is 6.59. The van der Waals surface area contributed by atoms with Crippen LogP contribution in [0.2, 0.25) is 0 Å². The van der Waals surface area contributed by atoms with Crippen LogP contribution in [0.4, 0.5) is 5.69 Å². The number of hydrogen-bond acceptors (Lipinski definition) is 4. The van der Waals surface area contributed by atoms with Gasteiger partial charge in [-0.1, -0.05) is 6.07 Å². The van der Waals surface area contributed by atoms with E-state index in [0.717, 1.165) is 0 Å². The van der Waals surface area contributed by atoms with Crippen LogP contribution in [0.25, 0.3) is 0 Å². The van der Waals surface area contributed by atoms with Crippen LogP contribution in [0.1, 0.15) is 19.4 Å². The molecular formula is C13H21N3O3S. The Kier molecular flexibility index (Phi) is 5.13. The van der Waals surface area contributed by atoms with Crippen molar-refractivity contribution in [1.29, 1.82) is 0 Å². The van der Waals surface area contributed by atoms with Crippen molar-refractivity contribution >= 4 is 21.6 Å². The third-order valence-electron chi connectivity index (χ3n) is 3.17. The number of sulfonamides is 1. The molecule has 3 N–H and O–H groups in total. The molecule has 112 valence electrons. The predicted molar refractivity (Wildman–Crippen MR) is 78.7 cm³/mol. The van der Waals surface area contributed by atoms with Gasteiger partial charge in [0, 0.05) is 19.3 Å². The predicted octanol–water partition coefficient (Wildman–Crippen LogP) is 0.722. The van der Waals surface area contributed by atoms with Gasteiger partial charge in [-0.15, -0.1) is 0 Å². The number of nitrogens with two attached hydrogens (primary N) is 1. The fourth-order valence-corrected chi connectivity index (χ4v) is 3.23. The van der Waals surface area contributed by atoms with Crippen molar-refractivity contribution in [2.75, 3.05) is 19.3 Å². The molecule has 0 radical (unpaired) electrons. The van der Waals surface area contributed by atoms with Crippen LogP contribution in [0.3, 0.4) is 0 Å². The molecule has 1 amide bonds. The van der Waals surface area contributed by atoms with Gasteiger partial charge in [0.05, 0.1) is 10.9 Å². The highest BCUT2D eigenvalue weighted by atomic mass is 32.2. The Bertz CT molecular complexity index is 599. The maximum atomic E-state index is 12.3. The molecule has 0 fully saturated rings. The van der Waals surface area contributed by atoms with Crippen molar-refractivity contribution in [3.05, 3.63) is 23.8 Å². The van der Waals surface area contributed by atoms with Gasteiger partial charge >= 0.3 is 0 Å². The molecule has 0 heterocycles. The summed E-state index contributed by atoms with van der Waals surface area (Å²) in [5, 5.41) is 0. The number of hydrogen-bond donors (Lipinski definition) is 2. The first kappa shape index (κ1) is 16.5. The van der Waals surface area contributed by atoms with E-state index in [4.69, 9.17) is 5.73 Å². The van der Waals surface area contributed by atoms with Gasteiger partial charge in [0.1, 0.15) is 0 Å². The molecule has 0 bridgehead atoms. The summed E-state index contributed by atoms with van der Waals surface area (Å²) < 4.78 is 27.0. The van der Waals surface area contributed by atoms with Crippen molar-refractivity contribution in [2.24, 2.45) is 0 Å². The Labute approximate surface area is 120 Å². The fourth-order valence-electron chi connectivity index (χ4n) is 1.76. The van der Waals surface area contributed by atoms with Crippen LogP contribution in [0, 0.1) is 6.92 Å². The van der Waals surface area contributed by atoms with Crippen molar-refractivity contribution in [3.63, 3.8) is 0 Å². The second kappa shape index (κ2) is 6.23. The van der Waals surface area contributed by atoms with E-state index < -0.39 is 16.1 Å². The first-order chi connectivity index (χ1) is 9.20. The Hall–Kier alpha value is -1.60. The zero-order valence-corrected chi connectivity index (χ0v) is 13.0. The fraction of sp³-hybridized carbons (Fsp3) is 0.462. The van der Waals surface area contributed by atoms with Crippen molar-refractivity contribution in [3.8, 4) is 0 Å². The maximum Gasteiger partial charge on any atom is 0.241 e. The highest BCUT2D eigenvalue weighted by molar-refractivity contribution is 7.89. The lowest BCUT2D eigenvalue weighted by Crippen LogP contribution is -2.45. The van der Waals surface area contributed by atoms with Crippen molar-refractivity contribution in [1.82, 2.24) is 9.62 Å². The molecule has 0 aromatic heterocycles. The molecule has 1 aromatic rings. The summed E-state index contributed by atoms with van der Waals surface area (Å²) in [6.45, 7) is 5.49. The van der Waals surface area contributed by atoms with E-state index in [1.54, 1.807) is 26.1 Å². The van der Waals surface area contributed by atoms with Crippen LogP contribution >= 0.6 is 0 Å². The molecule has 1 aromatic carbocycles. The van der Waals surface area contributed by atoms with Crippen LogP contribution in [0.15, 0.2) is 23.1 Å². The number of nitrogen functional groups attached to an aromatic ring is 1. The summed E-state index contributed by atoms with van der Waals surface area (Å²) in [5.74, 6) is -0.280. The number of amides is 1. The summed E-state index contributed by atoms with van der Waals surface area (Å²) in [6, 6.07) is 3.84. The van der Waals surface area contributed by atoms with Gasteiger partial charge in [-0.2, -0.15) is 4.72 Å². The summed E-state index contributed by atoms with van der Waals surface area (Å²) in [7, 11) is -2.15. The lowest BCUT2D eigenvalue weighted by Gasteiger charge is -2.21. The standard InChI is InChI=1S/C13H21N3O3S/c1-5-16(4)13(17)10(3)15-20(18,19)12-8-6-7-11(14)9(12)2/h6-8,10,15H,5,14H2,1-4H3. The minimum absolute atomic E-state index is 0.0938. The molecule has 6 nitrogen and oxygen atoms in total. The van der Waals surface area contributed by atoms with Crippen LogP contribution in [-0.4, -0.2) is 38.9 Å². The number of carbonyl (C=O) groups is 1. The molecule has 7 heteroatoms. The number of rotatable bonds is 5. The van der Waals surface area contributed by atoms with Crippen molar-refractivity contribution in [2.45, 2.75) is 31.7 Å². The average molecular weight is 299 g/mol. The van der Waals surface area contributed by atoms with Gasteiger partial charge in [-0.05, 0) is 38.5 Å². The van der Waals surface area contributed by atoms with Crippen LogP contribution in [0.5, 0.6) is 0 Å². The third-order valence-corrected chi connectivity index (χ3v) is 4.85. The summed E-state index contributed by atoms with van der Waals surface area (Å²) in [6.07, 6.45) is 0. The molecule has 1 unspecified atom stereocenters. The minimum Gasteiger partial charge on any atom is -0.398 e. The topological polar surface area (TPSA) is 92.5 Å². The van der Waals surface area contributed by atoms with Gasteiger partial charge in [0.2, 0.25) is 15.9 Å². The molecule has 0 aliphatic heterocycles. The second-order valence-electron chi connectivity index (χ2n) is 4.67. The second-order valence-corrected chi connectivity index (χ2v) is 6.35. The molecule has 0 spiro atoms. The van der Waals surface area contributed by atoms with Crippen LogP contribution in [-0.2, 0) is 14.8 Å². The maximum absolute atomic E-state index is 12.3. The molecule has 0 saturated carbocycles. The van der Waals surface area contributed by atoms with Gasteiger partial charge in [0.15, 0.2) is 0 Å². The molecule has 1 atom stereocenters. The monoisotopic (exact) mass is 299 g/mol. The highest BCUT2D eigenvalue weighted by Gasteiger charge is 2.25. The van der Waals surface area contributed by atoms with E-state index in [0.29, 0.717) is 17.8 Å². The van der Waals surface area contributed by atoms with Crippen molar-refractivity contribution < 1.29 is 13.2 Å².